The molecule has 0 aliphatic heterocycles. The molecular formula is C57H34N4OS. The molecule has 0 atom stereocenters. The smallest absolute Gasteiger partial charge is 0.164 e. The van der Waals surface area contributed by atoms with Crippen LogP contribution >= 0.6 is 11.3 Å². The molecule has 0 N–H and O–H groups in total. The Kier molecular flexibility index (Phi) is 8.01. The van der Waals surface area contributed by atoms with Crippen LogP contribution in [0.5, 0.6) is 0 Å². The number of rotatable bonds is 6. The molecule has 4 aromatic heterocycles. The first-order valence-electron chi connectivity index (χ1n) is 21.1. The molecule has 13 rings (SSSR count). The molecule has 0 saturated carbocycles. The molecule has 4 heterocycles. The van der Waals surface area contributed by atoms with Gasteiger partial charge in [0.2, 0.25) is 0 Å². The second-order valence-electron chi connectivity index (χ2n) is 15.9. The molecule has 0 aliphatic rings. The van der Waals surface area contributed by atoms with Crippen LogP contribution in [0.15, 0.2) is 211 Å². The molecule has 0 aliphatic carbocycles. The fourth-order valence-corrected chi connectivity index (χ4v) is 10.6. The summed E-state index contributed by atoms with van der Waals surface area (Å²) in [6.07, 6.45) is 0. The van der Waals surface area contributed by atoms with E-state index >= 15 is 0 Å². The lowest BCUT2D eigenvalue weighted by atomic mass is 9.96. The van der Waals surface area contributed by atoms with Gasteiger partial charge in [0.05, 0.1) is 11.0 Å². The van der Waals surface area contributed by atoms with E-state index in [-0.39, 0.29) is 0 Å². The van der Waals surface area contributed by atoms with E-state index in [2.05, 4.69) is 180 Å². The zero-order valence-corrected chi connectivity index (χ0v) is 34.6. The SMILES string of the molecule is c1ccc(-c2cccc(-c3cccc4sc5cc(-c6nc(-c7ccccc7)nc(-c7cccc8oc9ccc(-n%10c%11ccccc%11c%11ccccc%11%10)cc9c78)n6)ccc5c34)c2)cc1. The van der Waals surface area contributed by atoms with Crippen molar-refractivity contribution in [2.24, 2.45) is 0 Å². The first-order valence-corrected chi connectivity index (χ1v) is 21.9. The number of para-hydroxylation sites is 2. The van der Waals surface area contributed by atoms with Crippen LogP contribution in [0.3, 0.4) is 0 Å². The lowest BCUT2D eigenvalue weighted by molar-refractivity contribution is 0.669. The van der Waals surface area contributed by atoms with Gasteiger partial charge in [-0.25, -0.2) is 15.0 Å². The maximum absolute atomic E-state index is 6.56. The minimum atomic E-state index is 0.589. The lowest BCUT2D eigenvalue weighted by Crippen LogP contribution is -2.00. The number of thiophene rings is 1. The van der Waals surface area contributed by atoms with Gasteiger partial charge in [0.25, 0.3) is 0 Å². The third-order valence-corrected chi connectivity index (χ3v) is 13.4. The van der Waals surface area contributed by atoms with Crippen molar-refractivity contribution in [1.29, 1.82) is 0 Å². The van der Waals surface area contributed by atoms with Crippen LogP contribution < -0.4 is 0 Å². The molecule has 0 radical (unpaired) electrons. The highest BCUT2D eigenvalue weighted by atomic mass is 32.1. The third kappa shape index (κ3) is 5.80. The standard InChI is InChI=1S/C57H34N4OS/c1-3-14-35(15-4-1)37-18-11-19-38(32-37)41-22-13-27-51-54(41)44-30-28-39(33-52(44)63-51)56-58-55(36-16-5-2-6-17-36)59-57(60-56)45-23-12-26-50-53(45)46-34-40(29-31-49(46)62-50)61-47-24-9-7-20-42(47)43-21-8-10-25-48(43)61/h1-34H. The summed E-state index contributed by atoms with van der Waals surface area (Å²) >= 11 is 1.80. The Morgan fingerprint density at radius 1 is 0.349 bits per heavy atom. The molecule has 63 heavy (non-hydrogen) atoms. The van der Waals surface area contributed by atoms with Crippen LogP contribution in [0.4, 0.5) is 0 Å². The van der Waals surface area contributed by atoms with Gasteiger partial charge in [0.1, 0.15) is 11.2 Å². The Bertz CT molecular complexity index is 3870. The van der Waals surface area contributed by atoms with Crippen molar-refractivity contribution in [3.63, 3.8) is 0 Å². The molecule has 5 nitrogen and oxygen atoms in total. The molecule has 0 spiro atoms. The monoisotopic (exact) mass is 822 g/mol. The minimum Gasteiger partial charge on any atom is -0.456 e. The molecule has 0 fully saturated rings. The molecule has 294 valence electrons. The molecule has 6 heteroatoms. The maximum Gasteiger partial charge on any atom is 0.164 e. The van der Waals surface area contributed by atoms with Crippen LogP contribution in [-0.4, -0.2) is 19.5 Å². The average Bonchev–Trinajstić information content (AvgIpc) is 4.03. The normalized spacial score (nSPS) is 11.8. The van der Waals surface area contributed by atoms with E-state index in [0.717, 1.165) is 55.3 Å². The van der Waals surface area contributed by atoms with Crippen molar-refractivity contribution in [2.75, 3.05) is 0 Å². The van der Waals surface area contributed by atoms with Crippen molar-refractivity contribution in [3.05, 3.63) is 206 Å². The van der Waals surface area contributed by atoms with Crippen LogP contribution in [0.2, 0.25) is 0 Å². The van der Waals surface area contributed by atoms with Crippen molar-refractivity contribution >= 4 is 75.3 Å². The number of hydrogen-bond acceptors (Lipinski definition) is 5. The van der Waals surface area contributed by atoms with Gasteiger partial charge in [0, 0.05) is 64.1 Å². The van der Waals surface area contributed by atoms with Gasteiger partial charge in [-0.05, 0) is 76.9 Å². The van der Waals surface area contributed by atoms with Crippen LogP contribution in [0.1, 0.15) is 0 Å². The number of aromatic nitrogens is 4. The van der Waals surface area contributed by atoms with Crippen molar-refractivity contribution in [2.45, 2.75) is 0 Å². The molecular weight excluding hydrogens is 789 g/mol. The Balaban J connectivity index is 0.975. The highest BCUT2D eigenvalue weighted by Gasteiger charge is 2.21. The van der Waals surface area contributed by atoms with Gasteiger partial charge < -0.3 is 8.98 Å². The Hall–Kier alpha value is -8.19. The third-order valence-electron chi connectivity index (χ3n) is 12.3. The highest BCUT2D eigenvalue weighted by molar-refractivity contribution is 7.26. The van der Waals surface area contributed by atoms with Gasteiger partial charge in [-0.15, -0.1) is 11.3 Å². The molecule has 0 amide bonds. The van der Waals surface area contributed by atoms with Crippen molar-refractivity contribution in [3.8, 4) is 62.1 Å². The number of fused-ring (bicyclic) bond motifs is 9. The first kappa shape index (κ1) is 35.6. The Labute approximate surface area is 365 Å². The summed E-state index contributed by atoms with van der Waals surface area (Å²) in [6, 6.07) is 72.7. The molecule has 0 bridgehead atoms. The molecule has 9 aromatic carbocycles. The van der Waals surface area contributed by atoms with Crippen molar-refractivity contribution in [1.82, 2.24) is 19.5 Å². The number of nitrogens with zero attached hydrogens (tertiary/aromatic N) is 4. The summed E-state index contributed by atoms with van der Waals surface area (Å²) in [5, 5.41) is 6.88. The fraction of sp³-hybridized carbons (Fsp3) is 0. The number of hydrogen-bond donors (Lipinski definition) is 0. The topological polar surface area (TPSA) is 56.7 Å². The Morgan fingerprint density at radius 3 is 1.78 bits per heavy atom. The van der Waals surface area contributed by atoms with E-state index < -0.39 is 0 Å². The zero-order valence-electron chi connectivity index (χ0n) is 33.7. The van der Waals surface area contributed by atoms with Crippen molar-refractivity contribution < 1.29 is 4.42 Å². The fourth-order valence-electron chi connectivity index (χ4n) is 9.39. The van der Waals surface area contributed by atoms with Gasteiger partial charge in [0.15, 0.2) is 17.5 Å². The summed E-state index contributed by atoms with van der Waals surface area (Å²) in [6.45, 7) is 0. The van der Waals surface area contributed by atoms with E-state index in [9.17, 15) is 0 Å². The number of benzene rings is 9. The molecule has 13 aromatic rings. The van der Waals surface area contributed by atoms with Gasteiger partial charge in [-0.1, -0.05) is 152 Å². The highest BCUT2D eigenvalue weighted by Crippen LogP contribution is 2.43. The minimum absolute atomic E-state index is 0.589. The largest absolute Gasteiger partial charge is 0.456 e. The second kappa shape index (κ2) is 14.2. The summed E-state index contributed by atoms with van der Waals surface area (Å²) in [5.74, 6) is 1.82. The average molecular weight is 823 g/mol. The maximum atomic E-state index is 6.56. The Morgan fingerprint density at radius 2 is 0.984 bits per heavy atom. The van der Waals surface area contributed by atoms with E-state index in [0.29, 0.717) is 17.5 Å². The summed E-state index contributed by atoms with van der Waals surface area (Å²) in [5.41, 5.74) is 12.5. The van der Waals surface area contributed by atoms with E-state index in [1.54, 1.807) is 11.3 Å². The van der Waals surface area contributed by atoms with Gasteiger partial charge in [-0.3, -0.25) is 0 Å². The predicted molar refractivity (Wildman–Crippen MR) is 262 cm³/mol. The number of furan rings is 1. The summed E-state index contributed by atoms with van der Waals surface area (Å²) in [7, 11) is 0. The van der Waals surface area contributed by atoms with Gasteiger partial charge >= 0.3 is 0 Å². The van der Waals surface area contributed by atoms with E-state index in [1.165, 1.54) is 53.2 Å². The van der Waals surface area contributed by atoms with Crippen LogP contribution in [0, 0.1) is 0 Å². The predicted octanol–water partition coefficient (Wildman–Crippen LogP) is 15.6. The lowest BCUT2D eigenvalue weighted by Gasteiger charge is -2.10. The zero-order chi connectivity index (χ0) is 41.4. The second-order valence-corrected chi connectivity index (χ2v) is 17.0. The molecule has 0 unspecified atom stereocenters. The quantitative estimate of drug-likeness (QED) is 0.168. The molecule has 0 saturated heterocycles. The van der Waals surface area contributed by atoms with Crippen LogP contribution in [-0.2, 0) is 0 Å². The van der Waals surface area contributed by atoms with Gasteiger partial charge in [-0.2, -0.15) is 0 Å². The van der Waals surface area contributed by atoms with E-state index in [1.807, 2.05) is 30.3 Å². The first-order chi connectivity index (χ1) is 31.2. The van der Waals surface area contributed by atoms with Crippen LogP contribution in [0.25, 0.3) is 126 Å². The summed E-state index contributed by atoms with van der Waals surface area (Å²) < 4.78 is 11.3. The van der Waals surface area contributed by atoms with E-state index in [4.69, 9.17) is 19.4 Å². The summed E-state index contributed by atoms with van der Waals surface area (Å²) in [4.78, 5) is 15.6.